The Balaban J connectivity index is 1.81. The zero-order chi connectivity index (χ0) is 12.3. The van der Waals surface area contributed by atoms with Crippen LogP contribution in [0.25, 0.3) is 0 Å². The van der Waals surface area contributed by atoms with Gasteiger partial charge in [-0.3, -0.25) is 0 Å². The maximum Gasteiger partial charge on any atom is 0.215 e. The van der Waals surface area contributed by atoms with Gasteiger partial charge in [0.05, 0.1) is 5.75 Å². The molecule has 0 radical (unpaired) electrons. The Morgan fingerprint density at radius 1 is 1.06 bits per heavy atom. The highest BCUT2D eigenvalue weighted by Crippen LogP contribution is 2.19. The van der Waals surface area contributed by atoms with E-state index in [0.717, 1.165) is 39.0 Å². The summed E-state index contributed by atoms with van der Waals surface area (Å²) in [6.07, 6.45) is 4.48. The quantitative estimate of drug-likeness (QED) is 0.761. The fourth-order valence-electron chi connectivity index (χ4n) is 2.64. The van der Waals surface area contributed by atoms with E-state index < -0.39 is 10.0 Å². The number of likely N-dealkylation sites (tertiary alicyclic amines) is 1. The third-order valence-corrected chi connectivity index (χ3v) is 5.85. The Labute approximate surface area is 105 Å². The van der Waals surface area contributed by atoms with Crippen LogP contribution in [0.15, 0.2) is 0 Å². The molecule has 0 atom stereocenters. The molecule has 0 aromatic rings. The van der Waals surface area contributed by atoms with Crippen LogP contribution in [-0.4, -0.2) is 56.1 Å². The second-order valence-electron chi connectivity index (χ2n) is 5.45. The zero-order valence-corrected chi connectivity index (χ0v) is 11.6. The summed E-state index contributed by atoms with van der Waals surface area (Å²) in [6, 6.07) is 0. The number of rotatable bonds is 4. The molecular weight excluding hydrogens is 236 g/mol. The molecule has 0 saturated carbocycles. The van der Waals surface area contributed by atoms with Crippen LogP contribution in [0.1, 0.15) is 32.6 Å². The number of hydrogen-bond acceptors (Lipinski definition) is 3. The smallest absolute Gasteiger partial charge is 0.215 e. The van der Waals surface area contributed by atoms with Crippen LogP contribution in [0.4, 0.5) is 0 Å². The van der Waals surface area contributed by atoms with Gasteiger partial charge in [-0.15, -0.1) is 0 Å². The van der Waals surface area contributed by atoms with Crippen molar-refractivity contribution >= 4 is 10.0 Å². The largest absolute Gasteiger partial charge is 0.302 e. The van der Waals surface area contributed by atoms with Crippen LogP contribution in [0.5, 0.6) is 0 Å². The average Bonchev–Trinajstić information content (AvgIpc) is 2.80. The Bertz CT molecular complexity index is 328. The van der Waals surface area contributed by atoms with Crippen LogP contribution < -0.4 is 0 Å². The summed E-state index contributed by atoms with van der Waals surface area (Å²) in [6.45, 7) is 6.52. The third kappa shape index (κ3) is 3.66. The summed E-state index contributed by atoms with van der Waals surface area (Å²) in [7, 11) is -3.00. The number of piperidine rings is 1. The summed E-state index contributed by atoms with van der Waals surface area (Å²) in [5.41, 5.74) is 0. The molecule has 0 amide bonds. The van der Waals surface area contributed by atoms with Crippen molar-refractivity contribution in [1.29, 1.82) is 0 Å². The van der Waals surface area contributed by atoms with Crippen molar-refractivity contribution in [2.45, 2.75) is 32.6 Å². The predicted molar refractivity (Wildman–Crippen MR) is 69.4 cm³/mol. The molecule has 2 fully saturated rings. The zero-order valence-electron chi connectivity index (χ0n) is 10.8. The van der Waals surface area contributed by atoms with Gasteiger partial charge in [-0.25, -0.2) is 12.7 Å². The van der Waals surface area contributed by atoms with Crippen LogP contribution in [0, 0.1) is 5.92 Å². The van der Waals surface area contributed by atoms with Crippen molar-refractivity contribution in [3.05, 3.63) is 0 Å². The second-order valence-corrected chi connectivity index (χ2v) is 7.53. The fraction of sp³-hybridized carbons (Fsp3) is 1.00. The summed E-state index contributed by atoms with van der Waals surface area (Å²) in [5, 5.41) is 0. The van der Waals surface area contributed by atoms with Gasteiger partial charge in [0.25, 0.3) is 0 Å². The van der Waals surface area contributed by atoms with Crippen molar-refractivity contribution in [2.75, 3.05) is 38.5 Å². The van der Waals surface area contributed by atoms with Crippen molar-refractivity contribution in [1.82, 2.24) is 9.21 Å². The molecule has 2 rings (SSSR count). The maximum absolute atomic E-state index is 12.1. The lowest BCUT2D eigenvalue weighted by atomic mass is 10.0. The van der Waals surface area contributed by atoms with Gasteiger partial charge in [-0.2, -0.15) is 0 Å². The third-order valence-electron chi connectivity index (χ3n) is 4.00. The molecule has 0 N–H and O–H groups in total. The second kappa shape index (κ2) is 5.67. The molecule has 100 valence electrons. The van der Waals surface area contributed by atoms with Gasteiger partial charge in [0.1, 0.15) is 0 Å². The van der Waals surface area contributed by atoms with Gasteiger partial charge < -0.3 is 4.90 Å². The highest BCUT2D eigenvalue weighted by molar-refractivity contribution is 7.89. The normalized spacial score (nSPS) is 25.5. The first-order chi connectivity index (χ1) is 8.08. The van der Waals surface area contributed by atoms with E-state index in [2.05, 4.69) is 11.8 Å². The molecule has 0 spiro atoms. The van der Waals surface area contributed by atoms with E-state index in [1.54, 1.807) is 4.31 Å². The first kappa shape index (κ1) is 13.3. The van der Waals surface area contributed by atoms with Crippen molar-refractivity contribution in [2.24, 2.45) is 5.92 Å². The fourth-order valence-corrected chi connectivity index (χ4v) is 4.16. The van der Waals surface area contributed by atoms with Gasteiger partial charge in [0.15, 0.2) is 0 Å². The standard InChI is InChI=1S/C12H24N2O2S/c1-12-4-8-14(9-5-12)17(15,16)11-10-13-6-2-3-7-13/h12H,2-11H2,1H3. The van der Waals surface area contributed by atoms with Crippen LogP contribution >= 0.6 is 0 Å². The summed E-state index contributed by atoms with van der Waals surface area (Å²) < 4.78 is 26.0. The first-order valence-electron chi connectivity index (χ1n) is 6.78. The van der Waals surface area contributed by atoms with E-state index in [9.17, 15) is 8.42 Å². The highest BCUT2D eigenvalue weighted by Gasteiger charge is 2.26. The molecule has 2 saturated heterocycles. The molecule has 4 nitrogen and oxygen atoms in total. The number of hydrogen-bond donors (Lipinski definition) is 0. The first-order valence-corrected chi connectivity index (χ1v) is 8.39. The molecule has 17 heavy (non-hydrogen) atoms. The van der Waals surface area contributed by atoms with Gasteiger partial charge in [0, 0.05) is 19.6 Å². The van der Waals surface area contributed by atoms with E-state index in [-0.39, 0.29) is 0 Å². The lowest BCUT2D eigenvalue weighted by Crippen LogP contribution is -2.41. The Kier molecular flexibility index (Phi) is 4.44. The molecule has 0 aromatic carbocycles. The minimum Gasteiger partial charge on any atom is -0.302 e. The van der Waals surface area contributed by atoms with Crippen molar-refractivity contribution in [3.63, 3.8) is 0 Å². The van der Waals surface area contributed by atoms with Gasteiger partial charge in [-0.05, 0) is 44.7 Å². The molecule has 2 aliphatic heterocycles. The SMILES string of the molecule is CC1CCN(S(=O)(=O)CCN2CCCC2)CC1. The van der Waals surface area contributed by atoms with Gasteiger partial charge in [-0.1, -0.05) is 6.92 Å². The lowest BCUT2D eigenvalue weighted by molar-refractivity contribution is 0.285. The van der Waals surface area contributed by atoms with Crippen LogP contribution in [0.3, 0.4) is 0 Å². The molecular formula is C12H24N2O2S. The molecule has 0 aromatic heterocycles. The topological polar surface area (TPSA) is 40.6 Å². The number of sulfonamides is 1. The molecule has 2 aliphatic rings. The Hall–Kier alpha value is -0.130. The molecule has 0 bridgehead atoms. The van der Waals surface area contributed by atoms with Gasteiger partial charge in [0.2, 0.25) is 10.0 Å². The highest BCUT2D eigenvalue weighted by atomic mass is 32.2. The summed E-state index contributed by atoms with van der Waals surface area (Å²) in [5.74, 6) is 0.988. The monoisotopic (exact) mass is 260 g/mol. The number of nitrogens with zero attached hydrogens (tertiary/aromatic N) is 2. The van der Waals surface area contributed by atoms with Gasteiger partial charge >= 0.3 is 0 Å². The maximum atomic E-state index is 12.1. The Morgan fingerprint density at radius 2 is 1.65 bits per heavy atom. The van der Waals surface area contributed by atoms with Crippen molar-refractivity contribution in [3.8, 4) is 0 Å². The molecule has 0 unspecified atom stereocenters. The minimum absolute atomic E-state index is 0.307. The molecule has 0 aliphatic carbocycles. The minimum atomic E-state index is -3.00. The molecule has 2 heterocycles. The van der Waals surface area contributed by atoms with E-state index in [1.807, 2.05) is 0 Å². The molecule has 5 heteroatoms. The van der Waals surface area contributed by atoms with E-state index >= 15 is 0 Å². The summed E-state index contributed by atoms with van der Waals surface area (Å²) >= 11 is 0. The van der Waals surface area contributed by atoms with Crippen LogP contribution in [-0.2, 0) is 10.0 Å². The summed E-state index contributed by atoms with van der Waals surface area (Å²) in [4.78, 5) is 2.27. The van der Waals surface area contributed by atoms with E-state index in [4.69, 9.17) is 0 Å². The predicted octanol–water partition coefficient (Wildman–Crippen LogP) is 1.14. The van der Waals surface area contributed by atoms with Crippen molar-refractivity contribution < 1.29 is 8.42 Å². The van der Waals surface area contributed by atoms with Crippen LogP contribution in [0.2, 0.25) is 0 Å². The lowest BCUT2D eigenvalue weighted by Gasteiger charge is -2.30. The van der Waals surface area contributed by atoms with E-state index in [1.165, 1.54) is 12.8 Å². The average molecular weight is 260 g/mol. The Morgan fingerprint density at radius 3 is 2.24 bits per heavy atom. The van der Waals surface area contributed by atoms with E-state index in [0.29, 0.717) is 18.2 Å².